The van der Waals surface area contributed by atoms with Crippen molar-refractivity contribution in [1.82, 2.24) is 14.9 Å². The van der Waals surface area contributed by atoms with E-state index < -0.39 is 15.8 Å². The van der Waals surface area contributed by atoms with Crippen molar-refractivity contribution in [2.24, 2.45) is 5.92 Å². The molecule has 2 N–H and O–H groups in total. The highest BCUT2D eigenvalue weighted by Gasteiger charge is 2.33. The number of nitrogens with zero attached hydrogens (tertiary/aromatic N) is 1. The zero-order valence-electron chi connectivity index (χ0n) is 15.0. The Kier molecular flexibility index (Phi) is 5.94. The van der Waals surface area contributed by atoms with Gasteiger partial charge in [0.1, 0.15) is 10.7 Å². The van der Waals surface area contributed by atoms with Gasteiger partial charge >= 0.3 is 0 Å². The lowest BCUT2D eigenvalue weighted by Crippen LogP contribution is -2.46. The summed E-state index contributed by atoms with van der Waals surface area (Å²) in [5, 5.41) is 6.08. The summed E-state index contributed by atoms with van der Waals surface area (Å²) < 4.78 is 41.3. The van der Waals surface area contributed by atoms with E-state index in [1.54, 1.807) is 13.0 Å². The second kappa shape index (κ2) is 8.02. The molecule has 26 heavy (non-hydrogen) atoms. The lowest BCUT2D eigenvalue weighted by atomic mass is 9.99. The Morgan fingerprint density at radius 1 is 1.35 bits per heavy atom. The van der Waals surface area contributed by atoms with Crippen LogP contribution in [0.15, 0.2) is 23.1 Å². The third kappa shape index (κ3) is 4.07. The molecule has 0 spiro atoms. The molecule has 144 valence electrons. The summed E-state index contributed by atoms with van der Waals surface area (Å²) in [6.45, 7) is 3.58. The summed E-state index contributed by atoms with van der Waals surface area (Å²) in [7, 11) is -3.88. The van der Waals surface area contributed by atoms with Gasteiger partial charge in [-0.2, -0.15) is 4.31 Å². The van der Waals surface area contributed by atoms with Crippen LogP contribution in [0.5, 0.6) is 0 Å². The van der Waals surface area contributed by atoms with Gasteiger partial charge in [0.2, 0.25) is 15.9 Å². The first kappa shape index (κ1) is 19.3. The minimum absolute atomic E-state index is 0.0209. The topological polar surface area (TPSA) is 78.5 Å². The van der Waals surface area contributed by atoms with Crippen molar-refractivity contribution in [3.8, 4) is 0 Å². The molecule has 3 rings (SSSR count). The molecule has 8 heteroatoms. The van der Waals surface area contributed by atoms with E-state index in [4.69, 9.17) is 0 Å². The number of aryl methyl sites for hydroxylation is 1. The highest BCUT2D eigenvalue weighted by Crippen LogP contribution is 2.27. The summed E-state index contributed by atoms with van der Waals surface area (Å²) in [6, 6.07) is 4.15. The van der Waals surface area contributed by atoms with Gasteiger partial charge < -0.3 is 10.6 Å². The van der Waals surface area contributed by atoms with Crippen molar-refractivity contribution in [3.63, 3.8) is 0 Å². The third-order valence-corrected chi connectivity index (χ3v) is 7.23. The van der Waals surface area contributed by atoms with E-state index in [0.29, 0.717) is 31.6 Å². The van der Waals surface area contributed by atoms with E-state index >= 15 is 0 Å². The van der Waals surface area contributed by atoms with Gasteiger partial charge in [-0.1, -0.05) is 12.1 Å². The minimum Gasteiger partial charge on any atom is -0.354 e. The van der Waals surface area contributed by atoms with Crippen LogP contribution >= 0.6 is 0 Å². The Morgan fingerprint density at radius 2 is 2.15 bits per heavy atom. The van der Waals surface area contributed by atoms with Crippen LogP contribution in [0.4, 0.5) is 4.39 Å². The fourth-order valence-electron chi connectivity index (χ4n) is 3.76. The summed E-state index contributed by atoms with van der Waals surface area (Å²) in [5.74, 6) is -0.698. The van der Waals surface area contributed by atoms with Gasteiger partial charge in [-0.25, -0.2) is 12.8 Å². The molecule has 0 aliphatic carbocycles. The molecular formula is C18H26FN3O3S. The number of piperidine rings is 1. The van der Waals surface area contributed by atoms with Gasteiger partial charge in [-0.05, 0) is 56.7 Å². The monoisotopic (exact) mass is 383 g/mol. The van der Waals surface area contributed by atoms with Crippen LogP contribution in [-0.4, -0.2) is 50.9 Å². The molecule has 2 fully saturated rings. The number of carbonyl (C=O) groups is 1. The quantitative estimate of drug-likeness (QED) is 0.806. The molecule has 1 aromatic rings. The fourth-order valence-corrected chi connectivity index (χ4v) is 5.58. The van der Waals surface area contributed by atoms with Crippen molar-refractivity contribution < 1.29 is 17.6 Å². The molecule has 2 heterocycles. The Morgan fingerprint density at radius 3 is 2.85 bits per heavy atom. The van der Waals surface area contributed by atoms with Crippen LogP contribution in [0, 0.1) is 18.7 Å². The summed E-state index contributed by atoms with van der Waals surface area (Å²) in [5.41, 5.74) is 0.410. The molecule has 0 bridgehead atoms. The van der Waals surface area contributed by atoms with E-state index in [9.17, 15) is 17.6 Å². The maximum absolute atomic E-state index is 14.2. The highest BCUT2D eigenvalue weighted by molar-refractivity contribution is 7.89. The van der Waals surface area contributed by atoms with Gasteiger partial charge in [0.15, 0.2) is 0 Å². The van der Waals surface area contributed by atoms with Gasteiger partial charge in [0, 0.05) is 19.6 Å². The smallest absolute Gasteiger partial charge is 0.246 e. The number of sulfonamides is 1. The SMILES string of the molecule is Cc1cccc(F)c1S(=O)(=O)N1CCCC(CNC(=O)C2CCCN2)C1. The zero-order valence-corrected chi connectivity index (χ0v) is 15.8. The number of halogens is 1. The van der Waals surface area contributed by atoms with E-state index in [1.165, 1.54) is 16.4 Å². The second-order valence-electron chi connectivity index (χ2n) is 7.15. The largest absolute Gasteiger partial charge is 0.354 e. The minimum atomic E-state index is -3.88. The average molecular weight is 383 g/mol. The van der Waals surface area contributed by atoms with Crippen LogP contribution in [0.2, 0.25) is 0 Å². The van der Waals surface area contributed by atoms with Crippen molar-refractivity contribution >= 4 is 15.9 Å². The molecule has 6 nitrogen and oxygen atoms in total. The molecule has 2 aliphatic heterocycles. The summed E-state index contributed by atoms with van der Waals surface area (Å²) in [4.78, 5) is 11.9. The van der Waals surface area contributed by atoms with Gasteiger partial charge in [0.05, 0.1) is 6.04 Å². The van der Waals surface area contributed by atoms with Crippen LogP contribution < -0.4 is 10.6 Å². The molecular weight excluding hydrogens is 357 g/mol. The van der Waals surface area contributed by atoms with E-state index in [-0.39, 0.29) is 22.8 Å². The van der Waals surface area contributed by atoms with Crippen LogP contribution in [0.3, 0.4) is 0 Å². The Balaban J connectivity index is 1.65. The number of benzene rings is 1. The van der Waals surface area contributed by atoms with E-state index in [2.05, 4.69) is 10.6 Å². The standard InChI is InChI=1S/C18H26FN3O3S/c1-13-5-2-7-15(19)17(13)26(24,25)22-10-4-6-14(12-22)11-21-18(23)16-8-3-9-20-16/h2,5,7,14,16,20H,3-4,6,8-12H2,1H3,(H,21,23). The van der Waals surface area contributed by atoms with Crippen molar-refractivity contribution in [1.29, 1.82) is 0 Å². The fraction of sp³-hybridized carbons (Fsp3) is 0.611. The maximum Gasteiger partial charge on any atom is 0.246 e. The van der Waals surface area contributed by atoms with E-state index in [1.807, 2.05) is 0 Å². The lowest BCUT2D eigenvalue weighted by molar-refractivity contribution is -0.123. The number of nitrogens with one attached hydrogen (secondary N) is 2. The second-order valence-corrected chi connectivity index (χ2v) is 9.03. The molecule has 0 aromatic heterocycles. The first-order chi connectivity index (χ1) is 12.4. The number of amides is 1. The molecule has 2 unspecified atom stereocenters. The lowest BCUT2D eigenvalue weighted by Gasteiger charge is -2.32. The number of carbonyl (C=O) groups excluding carboxylic acids is 1. The normalized spacial score (nSPS) is 24.5. The third-order valence-electron chi connectivity index (χ3n) is 5.19. The first-order valence-corrected chi connectivity index (χ1v) is 10.6. The first-order valence-electron chi connectivity index (χ1n) is 9.16. The van der Waals surface area contributed by atoms with Gasteiger partial charge in [0.25, 0.3) is 0 Å². The highest BCUT2D eigenvalue weighted by atomic mass is 32.2. The summed E-state index contributed by atoms with van der Waals surface area (Å²) in [6.07, 6.45) is 3.38. The predicted molar refractivity (Wildman–Crippen MR) is 96.7 cm³/mol. The number of hydrogen-bond acceptors (Lipinski definition) is 4. The number of hydrogen-bond donors (Lipinski definition) is 2. The van der Waals surface area contributed by atoms with E-state index in [0.717, 1.165) is 25.8 Å². The molecule has 1 amide bonds. The molecule has 2 saturated heterocycles. The van der Waals surface area contributed by atoms with Crippen LogP contribution in [-0.2, 0) is 14.8 Å². The van der Waals surface area contributed by atoms with Crippen LogP contribution in [0.1, 0.15) is 31.2 Å². The zero-order chi connectivity index (χ0) is 18.7. The Labute approximate surface area is 154 Å². The van der Waals surface area contributed by atoms with Gasteiger partial charge in [-0.3, -0.25) is 4.79 Å². The molecule has 2 atom stereocenters. The molecule has 0 radical (unpaired) electrons. The Bertz CT molecular complexity index is 743. The molecule has 1 aromatic carbocycles. The van der Waals surface area contributed by atoms with Crippen molar-refractivity contribution in [2.75, 3.05) is 26.2 Å². The van der Waals surface area contributed by atoms with Crippen LogP contribution in [0.25, 0.3) is 0 Å². The van der Waals surface area contributed by atoms with Gasteiger partial charge in [-0.15, -0.1) is 0 Å². The number of rotatable bonds is 5. The Hall–Kier alpha value is -1.51. The average Bonchev–Trinajstić information content (AvgIpc) is 3.14. The molecule has 0 saturated carbocycles. The van der Waals surface area contributed by atoms with Crippen molar-refractivity contribution in [3.05, 3.63) is 29.6 Å². The molecule has 2 aliphatic rings. The predicted octanol–water partition coefficient (Wildman–Crippen LogP) is 1.40. The summed E-state index contributed by atoms with van der Waals surface area (Å²) >= 11 is 0. The van der Waals surface area contributed by atoms with Crippen molar-refractivity contribution in [2.45, 2.75) is 43.5 Å². The maximum atomic E-state index is 14.2.